The molecule has 1 fully saturated rings. The number of likely N-dealkylation sites (N-methyl/N-ethyl adjacent to an activating group) is 2. The molecule has 22 heavy (non-hydrogen) atoms. The summed E-state index contributed by atoms with van der Waals surface area (Å²) < 4.78 is 0. The summed E-state index contributed by atoms with van der Waals surface area (Å²) in [7, 11) is 4.18. The molecule has 0 saturated carbocycles. The molecule has 1 aliphatic heterocycles. The molecule has 0 amide bonds. The third-order valence-corrected chi connectivity index (χ3v) is 4.53. The zero-order chi connectivity index (χ0) is 15.9. The largest absolute Gasteiger partial charge is 0.318 e. The van der Waals surface area contributed by atoms with Crippen molar-refractivity contribution in [2.24, 2.45) is 5.92 Å². The van der Waals surface area contributed by atoms with Gasteiger partial charge in [-0.1, -0.05) is 13.8 Å². The number of likely N-dealkylation sites (tertiary alicyclic amines) is 1. The molecule has 1 aromatic heterocycles. The van der Waals surface area contributed by atoms with Crippen molar-refractivity contribution in [3.8, 4) is 0 Å². The van der Waals surface area contributed by atoms with Crippen LogP contribution in [0.4, 0.5) is 0 Å². The Morgan fingerprint density at radius 2 is 2.14 bits per heavy atom. The third-order valence-electron chi connectivity index (χ3n) is 4.53. The van der Waals surface area contributed by atoms with Gasteiger partial charge < -0.3 is 15.1 Å². The fourth-order valence-electron chi connectivity index (χ4n) is 3.38. The molecule has 0 aromatic carbocycles. The molecule has 1 aromatic rings. The van der Waals surface area contributed by atoms with Crippen molar-refractivity contribution in [3.05, 3.63) is 17.5 Å². The normalized spacial score (nSPS) is 17.7. The number of aromatic amines is 1. The number of hydrogen-bond acceptors (Lipinski definition) is 4. The van der Waals surface area contributed by atoms with Crippen LogP contribution < -0.4 is 5.32 Å². The molecule has 0 bridgehead atoms. The van der Waals surface area contributed by atoms with E-state index < -0.39 is 0 Å². The molecule has 5 heteroatoms. The van der Waals surface area contributed by atoms with E-state index in [0.717, 1.165) is 25.6 Å². The van der Waals surface area contributed by atoms with Crippen LogP contribution >= 0.6 is 0 Å². The van der Waals surface area contributed by atoms with E-state index in [-0.39, 0.29) is 0 Å². The number of rotatable bonds is 8. The third kappa shape index (κ3) is 5.07. The highest BCUT2D eigenvalue weighted by Crippen LogP contribution is 2.29. The monoisotopic (exact) mass is 307 g/mol. The number of nitrogens with zero attached hydrogens (tertiary/aromatic N) is 3. The summed E-state index contributed by atoms with van der Waals surface area (Å²) in [6.45, 7) is 11.3. The fourth-order valence-corrected chi connectivity index (χ4v) is 3.38. The fraction of sp³-hybridized carbons (Fsp3) is 0.824. The van der Waals surface area contributed by atoms with Gasteiger partial charge in [-0.3, -0.25) is 5.10 Å². The van der Waals surface area contributed by atoms with Gasteiger partial charge in [-0.15, -0.1) is 0 Å². The molecule has 126 valence electrons. The van der Waals surface area contributed by atoms with Gasteiger partial charge in [-0.2, -0.15) is 5.10 Å². The van der Waals surface area contributed by atoms with Crippen LogP contribution in [0.15, 0.2) is 6.20 Å². The Balaban J connectivity index is 1.87. The Morgan fingerprint density at radius 3 is 2.77 bits per heavy atom. The number of aromatic nitrogens is 2. The van der Waals surface area contributed by atoms with Crippen LogP contribution in [0.3, 0.4) is 0 Å². The number of nitrogens with one attached hydrogen (secondary N) is 2. The maximum absolute atomic E-state index is 4.57. The van der Waals surface area contributed by atoms with E-state index in [2.05, 4.69) is 52.4 Å². The maximum atomic E-state index is 4.57. The van der Waals surface area contributed by atoms with Gasteiger partial charge in [0.15, 0.2) is 0 Å². The Bertz CT molecular complexity index is 420. The summed E-state index contributed by atoms with van der Waals surface area (Å²) in [4.78, 5) is 4.96. The predicted molar refractivity (Wildman–Crippen MR) is 92.1 cm³/mol. The molecule has 0 spiro atoms. The van der Waals surface area contributed by atoms with Crippen LogP contribution in [-0.4, -0.2) is 66.8 Å². The Labute approximate surface area is 135 Å². The molecular formula is C17H33N5. The smallest absolute Gasteiger partial charge is 0.0698 e. The van der Waals surface area contributed by atoms with Crippen LogP contribution in [0.2, 0.25) is 0 Å². The van der Waals surface area contributed by atoms with Gasteiger partial charge in [0.25, 0.3) is 0 Å². The van der Waals surface area contributed by atoms with Crippen LogP contribution in [0, 0.1) is 5.92 Å². The molecule has 2 N–H and O–H groups in total. The molecule has 0 atom stereocenters. The molecule has 0 radical (unpaired) electrons. The summed E-state index contributed by atoms with van der Waals surface area (Å²) in [6.07, 6.45) is 4.57. The maximum Gasteiger partial charge on any atom is 0.0698 e. The van der Waals surface area contributed by atoms with Gasteiger partial charge in [0, 0.05) is 43.9 Å². The molecule has 1 saturated heterocycles. The second-order valence-corrected chi connectivity index (χ2v) is 7.11. The molecule has 1 aliphatic rings. The lowest BCUT2D eigenvalue weighted by Gasteiger charge is -2.32. The summed E-state index contributed by atoms with van der Waals surface area (Å²) in [5.41, 5.74) is 2.68. The minimum atomic E-state index is 0.627. The predicted octanol–water partition coefficient (Wildman–Crippen LogP) is 1.90. The van der Waals surface area contributed by atoms with E-state index in [4.69, 9.17) is 0 Å². The topological polar surface area (TPSA) is 47.2 Å². The summed E-state index contributed by atoms with van der Waals surface area (Å²) in [5.74, 6) is 1.39. The Morgan fingerprint density at radius 1 is 1.41 bits per heavy atom. The highest BCUT2D eigenvalue weighted by atomic mass is 15.2. The van der Waals surface area contributed by atoms with Crippen molar-refractivity contribution in [1.29, 1.82) is 0 Å². The lowest BCUT2D eigenvalue weighted by molar-refractivity contribution is 0.190. The molecule has 0 aliphatic carbocycles. The van der Waals surface area contributed by atoms with Crippen molar-refractivity contribution < 1.29 is 0 Å². The quantitative estimate of drug-likeness (QED) is 0.770. The van der Waals surface area contributed by atoms with Crippen molar-refractivity contribution in [2.75, 3.05) is 46.8 Å². The van der Waals surface area contributed by atoms with Crippen molar-refractivity contribution in [1.82, 2.24) is 25.3 Å². The molecule has 2 rings (SSSR count). The van der Waals surface area contributed by atoms with Gasteiger partial charge >= 0.3 is 0 Å². The van der Waals surface area contributed by atoms with E-state index in [1.165, 1.54) is 43.7 Å². The highest BCUT2D eigenvalue weighted by molar-refractivity contribution is 5.21. The van der Waals surface area contributed by atoms with E-state index >= 15 is 0 Å². The average Bonchev–Trinajstić information content (AvgIpc) is 2.93. The standard InChI is InChI=1S/C17H33N5/c1-14(2)12-22-8-5-15(6-9-22)17-16(11-19-20-17)13-21(4)10-7-18-3/h11,14-15,18H,5-10,12-13H2,1-4H3,(H,19,20). The van der Waals surface area contributed by atoms with E-state index in [9.17, 15) is 0 Å². The van der Waals surface area contributed by atoms with Crippen LogP contribution in [0.1, 0.15) is 43.9 Å². The molecule has 2 heterocycles. The van der Waals surface area contributed by atoms with Gasteiger partial charge in [0.05, 0.1) is 5.69 Å². The minimum Gasteiger partial charge on any atom is -0.318 e. The first-order valence-corrected chi connectivity index (χ1v) is 8.68. The van der Waals surface area contributed by atoms with E-state index in [1.807, 2.05) is 7.05 Å². The van der Waals surface area contributed by atoms with Gasteiger partial charge in [-0.05, 0) is 45.9 Å². The van der Waals surface area contributed by atoms with Gasteiger partial charge in [0.2, 0.25) is 0 Å². The molecular weight excluding hydrogens is 274 g/mol. The minimum absolute atomic E-state index is 0.627. The molecule has 5 nitrogen and oxygen atoms in total. The lowest BCUT2D eigenvalue weighted by Crippen LogP contribution is -2.36. The van der Waals surface area contributed by atoms with Crippen LogP contribution in [0.25, 0.3) is 0 Å². The van der Waals surface area contributed by atoms with Crippen molar-refractivity contribution in [2.45, 2.75) is 39.2 Å². The first-order chi connectivity index (χ1) is 10.6. The van der Waals surface area contributed by atoms with E-state index in [1.54, 1.807) is 0 Å². The zero-order valence-corrected chi connectivity index (χ0v) is 14.7. The summed E-state index contributed by atoms with van der Waals surface area (Å²) in [5, 5.41) is 10.9. The first-order valence-electron chi connectivity index (χ1n) is 8.68. The zero-order valence-electron chi connectivity index (χ0n) is 14.7. The summed E-state index contributed by atoms with van der Waals surface area (Å²) in [6, 6.07) is 0. The Hall–Kier alpha value is -0.910. The van der Waals surface area contributed by atoms with Crippen LogP contribution in [0.5, 0.6) is 0 Å². The number of H-pyrrole nitrogens is 1. The summed E-state index contributed by atoms with van der Waals surface area (Å²) >= 11 is 0. The van der Waals surface area contributed by atoms with Gasteiger partial charge in [0.1, 0.15) is 0 Å². The highest BCUT2D eigenvalue weighted by Gasteiger charge is 2.24. The van der Waals surface area contributed by atoms with Crippen molar-refractivity contribution in [3.63, 3.8) is 0 Å². The Kier molecular flexibility index (Phi) is 6.86. The van der Waals surface area contributed by atoms with Gasteiger partial charge in [-0.25, -0.2) is 0 Å². The second kappa shape index (κ2) is 8.65. The number of hydrogen-bond donors (Lipinski definition) is 2. The van der Waals surface area contributed by atoms with Crippen molar-refractivity contribution >= 4 is 0 Å². The number of piperidine rings is 1. The van der Waals surface area contributed by atoms with E-state index in [0.29, 0.717) is 5.92 Å². The second-order valence-electron chi connectivity index (χ2n) is 7.11. The average molecular weight is 307 g/mol. The molecule has 0 unspecified atom stereocenters. The van der Waals surface area contributed by atoms with Crippen LogP contribution in [-0.2, 0) is 6.54 Å². The first kappa shape index (κ1) is 17.4. The lowest BCUT2D eigenvalue weighted by atomic mass is 9.91. The SMILES string of the molecule is CNCCN(C)Cc1c[nH]nc1C1CCN(CC(C)C)CC1.